The molecule has 10 heteroatoms. The molecule has 2 atom stereocenters. The van der Waals surface area contributed by atoms with E-state index in [9.17, 15) is 26.7 Å². The van der Waals surface area contributed by atoms with Gasteiger partial charge in [0, 0.05) is 42.6 Å². The third-order valence-corrected chi connectivity index (χ3v) is 7.80. The third kappa shape index (κ3) is 4.18. The number of alkyl halides is 3. The minimum absolute atomic E-state index is 0.119. The minimum Gasteiger partial charge on any atom is -0.376 e. The van der Waals surface area contributed by atoms with Crippen LogP contribution in [0.15, 0.2) is 47.4 Å². The van der Waals surface area contributed by atoms with Crippen LogP contribution in [-0.4, -0.2) is 54.5 Å². The quantitative estimate of drug-likeness (QED) is 0.700. The van der Waals surface area contributed by atoms with Crippen molar-refractivity contribution in [3.63, 3.8) is 0 Å². The number of rotatable bonds is 4. The van der Waals surface area contributed by atoms with Crippen LogP contribution in [-0.2, 0) is 15.6 Å². The largest absolute Gasteiger partial charge is 0.421 e. The summed E-state index contributed by atoms with van der Waals surface area (Å²) in [6.45, 7) is 5.35. The van der Waals surface area contributed by atoms with Crippen molar-refractivity contribution in [1.82, 2.24) is 4.31 Å². The second-order valence-corrected chi connectivity index (χ2v) is 9.81. The second-order valence-electron chi connectivity index (χ2n) is 7.41. The van der Waals surface area contributed by atoms with E-state index in [-0.39, 0.29) is 23.6 Å². The van der Waals surface area contributed by atoms with Gasteiger partial charge in [0.15, 0.2) is 5.60 Å². The maximum Gasteiger partial charge on any atom is 0.421 e. The number of aliphatic hydroxyl groups is 1. The molecule has 1 aliphatic heterocycles. The average molecular weight is 460 g/mol. The summed E-state index contributed by atoms with van der Waals surface area (Å²) in [7, 11) is -3.74. The molecule has 163 valence electrons. The standard InChI is InChI=1S/C20H22F3N2O3S2/c1-14-13-24(30(27,28)18-6-4-3-5-17(18)29)11-12-25(14)16-9-7-15(8-10-16)19(2,26)20(21,22)23/h3-4,6-10,14,26H,1,5,11-13H2,2H3/t14-,19+/m0/s1. The van der Waals surface area contributed by atoms with E-state index in [1.165, 1.54) is 34.6 Å². The highest BCUT2D eigenvalue weighted by atomic mass is 32.2. The Morgan fingerprint density at radius 3 is 2.37 bits per heavy atom. The summed E-state index contributed by atoms with van der Waals surface area (Å²) >= 11 is 5.19. The Balaban J connectivity index is 1.75. The lowest BCUT2D eigenvalue weighted by Gasteiger charge is -2.41. The molecule has 1 aromatic carbocycles. The summed E-state index contributed by atoms with van der Waals surface area (Å²) in [6.07, 6.45) is 0.563. The molecule has 0 bridgehead atoms. The first-order chi connectivity index (χ1) is 13.9. The van der Waals surface area contributed by atoms with Crippen molar-refractivity contribution in [1.29, 1.82) is 0 Å². The van der Waals surface area contributed by atoms with E-state index in [1.807, 2.05) is 4.90 Å². The fourth-order valence-electron chi connectivity index (χ4n) is 3.42. The zero-order valence-electron chi connectivity index (χ0n) is 16.3. The Bertz CT molecular complexity index is 984. The number of halogens is 3. The van der Waals surface area contributed by atoms with Gasteiger partial charge in [0.1, 0.15) is 0 Å². The molecule has 0 amide bonds. The molecule has 2 aliphatic rings. The lowest BCUT2D eigenvalue weighted by atomic mass is 9.95. The van der Waals surface area contributed by atoms with Gasteiger partial charge in [-0.3, -0.25) is 0 Å². The number of nitrogens with zero attached hydrogens (tertiary/aromatic N) is 2. The van der Waals surface area contributed by atoms with Gasteiger partial charge in [-0.1, -0.05) is 36.5 Å². The molecule has 3 rings (SSSR count). The van der Waals surface area contributed by atoms with Crippen LogP contribution < -0.4 is 4.90 Å². The van der Waals surface area contributed by atoms with Crippen LogP contribution in [0.4, 0.5) is 18.9 Å². The van der Waals surface area contributed by atoms with E-state index in [1.54, 1.807) is 12.2 Å². The molecule has 1 radical (unpaired) electrons. The van der Waals surface area contributed by atoms with Crippen LogP contribution in [0.3, 0.4) is 0 Å². The van der Waals surface area contributed by atoms with Crippen molar-refractivity contribution in [2.45, 2.75) is 31.2 Å². The Morgan fingerprint density at radius 1 is 1.20 bits per heavy atom. The molecular formula is C20H22F3N2O3S2. The monoisotopic (exact) mass is 459 g/mol. The maximum atomic E-state index is 13.0. The molecule has 1 saturated heterocycles. The summed E-state index contributed by atoms with van der Waals surface area (Å²) in [4.78, 5) is 2.32. The van der Waals surface area contributed by atoms with E-state index in [4.69, 9.17) is 12.2 Å². The van der Waals surface area contributed by atoms with Crippen LogP contribution in [0.1, 0.15) is 18.9 Å². The van der Waals surface area contributed by atoms with Crippen molar-refractivity contribution in [3.8, 4) is 0 Å². The van der Waals surface area contributed by atoms with Gasteiger partial charge in [0.2, 0.25) is 10.0 Å². The molecule has 0 spiro atoms. The Morgan fingerprint density at radius 2 is 1.83 bits per heavy atom. The lowest BCUT2D eigenvalue weighted by molar-refractivity contribution is -0.258. The first kappa shape index (κ1) is 22.9. The van der Waals surface area contributed by atoms with Gasteiger partial charge in [-0.25, -0.2) is 8.42 Å². The Kier molecular flexibility index (Phi) is 6.16. The second kappa shape index (κ2) is 8.07. The first-order valence-electron chi connectivity index (χ1n) is 9.25. The molecule has 1 aliphatic carbocycles. The minimum atomic E-state index is -4.80. The first-order valence-corrected chi connectivity index (χ1v) is 11.1. The Hall–Kier alpha value is -1.75. The maximum absolute atomic E-state index is 13.0. The SMILES string of the molecule is [CH2][C@H]1CN(S(=O)(=O)C2=CC=CCC2=S)CCN1c1ccc([C@@](C)(O)C(F)(F)F)cc1. The van der Waals surface area contributed by atoms with Gasteiger partial charge in [-0.2, -0.15) is 17.5 Å². The van der Waals surface area contributed by atoms with Crippen molar-refractivity contribution in [2.24, 2.45) is 0 Å². The number of allylic oxidation sites excluding steroid dienone is 4. The fourth-order valence-corrected chi connectivity index (χ4v) is 5.49. The van der Waals surface area contributed by atoms with E-state index >= 15 is 0 Å². The van der Waals surface area contributed by atoms with Gasteiger partial charge < -0.3 is 10.0 Å². The van der Waals surface area contributed by atoms with Crippen LogP contribution in [0, 0.1) is 6.92 Å². The highest BCUT2D eigenvalue weighted by molar-refractivity contribution is 7.96. The van der Waals surface area contributed by atoms with Gasteiger partial charge in [-0.15, -0.1) is 0 Å². The molecule has 30 heavy (non-hydrogen) atoms. The zero-order valence-corrected chi connectivity index (χ0v) is 17.9. The molecule has 1 N–H and O–H groups in total. The zero-order chi connectivity index (χ0) is 22.3. The number of hydrogen-bond donors (Lipinski definition) is 1. The predicted octanol–water partition coefficient (Wildman–Crippen LogP) is 3.32. The van der Waals surface area contributed by atoms with E-state index in [2.05, 4.69) is 6.92 Å². The molecular weight excluding hydrogens is 437 g/mol. The fraction of sp³-hybridized carbons (Fsp3) is 0.400. The molecule has 5 nitrogen and oxygen atoms in total. The summed E-state index contributed by atoms with van der Waals surface area (Å²) in [5.41, 5.74) is -2.63. The number of anilines is 1. The number of piperazine rings is 1. The molecule has 0 unspecified atom stereocenters. The number of thiocarbonyl (C=S) groups is 1. The van der Waals surface area contributed by atoms with Gasteiger partial charge in [0.05, 0.1) is 4.91 Å². The summed E-state index contributed by atoms with van der Waals surface area (Å²) in [5.74, 6) is 0. The van der Waals surface area contributed by atoms with Crippen molar-refractivity contribution >= 4 is 32.8 Å². The number of hydrogen-bond acceptors (Lipinski definition) is 5. The molecule has 0 aromatic heterocycles. The van der Waals surface area contributed by atoms with Crippen LogP contribution in [0.2, 0.25) is 0 Å². The van der Waals surface area contributed by atoms with Gasteiger partial charge in [-0.05, 0) is 37.6 Å². The summed E-state index contributed by atoms with van der Waals surface area (Å²) in [5, 5.41) is 9.80. The van der Waals surface area contributed by atoms with E-state index < -0.39 is 27.8 Å². The molecule has 1 aromatic rings. The molecule has 1 heterocycles. The Labute approximate surface area is 179 Å². The lowest BCUT2D eigenvalue weighted by Crippen LogP contribution is -2.54. The predicted molar refractivity (Wildman–Crippen MR) is 113 cm³/mol. The van der Waals surface area contributed by atoms with Gasteiger partial charge >= 0.3 is 6.18 Å². The van der Waals surface area contributed by atoms with Crippen LogP contribution in [0.5, 0.6) is 0 Å². The average Bonchev–Trinajstić information content (AvgIpc) is 2.67. The van der Waals surface area contributed by atoms with E-state index in [0.29, 0.717) is 30.4 Å². The smallest absolute Gasteiger partial charge is 0.376 e. The molecule has 0 saturated carbocycles. The topological polar surface area (TPSA) is 60.9 Å². The highest BCUT2D eigenvalue weighted by Gasteiger charge is 2.51. The number of sulfonamides is 1. The summed E-state index contributed by atoms with van der Waals surface area (Å²) < 4.78 is 66.3. The summed E-state index contributed by atoms with van der Waals surface area (Å²) in [6, 6.07) is 4.94. The van der Waals surface area contributed by atoms with Gasteiger partial charge in [0.25, 0.3) is 0 Å². The highest BCUT2D eigenvalue weighted by Crippen LogP contribution is 2.39. The van der Waals surface area contributed by atoms with Crippen molar-refractivity contribution < 1.29 is 26.7 Å². The van der Waals surface area contributed by atoms with Crippen molar-refractivity contribution in [3.05, 3.63) is 59.9 Å². The van der Waals surface area contributed by atoms with Crippen LogP contribution in [0.25, 0.3) is 0 Å². The van der Waals surface area contributed by atoms with E-state index in [0.717, 1.165) is 0 Å². The van der Waals surface area contributed by atoms with Crippen LogP contribution >= 0.6 is 12.2 Å². The van der Waals surface area contributed by atoms with Crippen molar-refractivity contribution in [2.75, 3.05) is 24.5 Å². The molecule has 1 fully saturated rings. The normalized spacial score (nSPS) is 23.3. The number of benzene rings is 1. The third-order valence-electron chi connectivity index (χ3n) is 5.34.